The summed E-state index contributed by atoms with van der Waals surface area (Å²) in [6.07, 6.45) is 0. The third-order valence-electron chi connectivity index (χ3n) is 15.2. The van der Waals surface area contributed by atoms with Crippen LogP contribution < -0.4 is 77.9 Å². The zero-order chi connectivity index (χ0) is 46.9. The lowest BCUT2D eigenvalue weighted by Gasteiger charge is -2.42. The van der Waals surface area contributed by atoms with Crippen molar-refractivity contribution < 1.29 is 18.9 Å². The molecular weight excluding hydrogens is 869 g/mol. The zero-order valence-corrected chi connectivity index (χ0v) is 39.0. The predicted molar refractivity (Wildman–Crippen MR) is 292 cm³/mol. The van der Waals surface area contributed by atoms with E-state index in [-0.39, 0.29) is 20.1 Å². The summed E-state index contributed by atoms with van der Waals surface area (Å²) in [5.74, 6) is 6.32. The zero-order valence-electron chi connectivity index (χ0n) is 39.0. The molecule has 0 fully saturated rings. The summed E-state index contributed by atoms with van der Waals surface area (Å²) < 4.78 is 28.8. The fraction of sp³-hybridized carbons (Fsp3) is 0.0323. The lowest BCUT2D eigenvalue weighted by Crippen LogP contribution is -2.64. The van der Waals surface area contributed by atoms with Gasteiger partial charge in [-0.25, -0.2) is 0 Å². The normalized spacial score (nSPS) is 13.5. The van der Waals surface area contributed by atoms with Gasteiger partial charge in [-0.05, 0) is 101 Å². The van der Waals surface area contributed by atoms with E-state index < -0.39 is 0 Å². The molecule has 0 radical (unpaired) electrons. The summed E-state index contributed by atoms with van der Waals surface area (Å²) in [5, 5.41) is 0. The van der Waals surface area contributed by atoms with Gasteiger partial charge >= 0.3 is 0 Å². The second-order valence-electron chi connectivity index (χ2n) is 19.2. The summed E-state index contributed by atoms with van der Waals surface area (Å²) in [6, 6.07) is 75.1. The van der Waals surface area contributed by atoms with Crippen LogP contribution in [0.1, 0.15) is 11.1 Å². The molecule has 0 aromatic heterocycles. The highest BCUT2D eigenvalue weighted by atomic mass is 16.5. The Balaban J connectivity index is 0.963. The van der Waals surface area contributed by atoms with Crippen LogP contribution in [0.3, 0.4) is 0 Å². The third-order valence-corrected chi connectivity index (χ3v) is 15.2. The maximum Gasteiger partial charge on any atom is 0.260 e. The minimum atomic E-state index is -0.200. The molecule has 0 spiro atoms. The van der Waals surface area contributed by atoms with Crippen molar-refractivity contribution in [1.82, 2.24) is 0 Å². The molecule has 5 heterocycles. The maximum absolute atomic E-state index is 7.38. The van der Waals surface area contributed by atoms with Crippen LogP contribution in [-0.4, -0.2) is 20.1 Å². The summed E-state index contributed by atoms with van der Waals surface area (Å²) in [6.45, 7) is 3.99. The number of para-hydroxylation sites is 6. The van der Waals surface area contributed by atoms with Crippen molar-refractivity contribution in [3.8, 4) is 46.0 Å². The van der Waals surface area contributed by atoms with Crippen LogP contribution in [-0.2, 0) is 0 Å². The van der Waals surface area contributed by atoms with Gasteiger partial charge in [0, 0.05) is 63.6 Å². The van der Waals surface area contributed by atoms with Crippen LogP contribution in [0.2, 0.25) is 0 Å². The Morgan fingerprint density at radius 3 is 1.46 bits per heavy atom. The van der Waals surface area contributed by atoms with Gasteiger partial charge in [-0.1, -0.05) is 150 Å². The van der Waals surface area contributed by atoms with E-state index in [1.807, 2.05) is 12.1 Å². The number of aryl methyl sites for hydroxylation is 2. The first kappa shape index (κ1) is 40.1. The first-order valence-corrected chi connectivity index (χ1v) is 24.4. The highest BCUT2D eigenvalue weighted by Crippen LogP contribution is 2.46. The highest BCUT2D eigenvalue weighted by molar-refractivity contribution is 7.03. The molecule has 10 aromatic rings. The van der Waals surface area contributed by atoms with E-state index in [1.165, 1.54) is 22.1 Å². The molecule has 5 aliphatic heterocycles. The first-order valence-electron chi connectivity index (χ1n) is 24.4. The average molecular weight is 910 g/mol. The molecule has 332 valence electrons. The van der Waals surface area contributed by atoms with Gasteiger partial charge in [-0.3, -0.25) is 0 Å². The Bertz CT molecular complexity index is 3790. The number of fused-ring (bicyclic) bond motifs is 11. The Hall–Kier alpha value is -8.81. The van der Waals surface area contributed by atoms with Gasteiger partial charge in [-0.2, -0.15) is 0 Å². The van der Waals surface area contributed by atoms with E-state index in [9.17, 15) is 0 Å². The number of hydrogen-bond acceptors (Lipinski definition) is 6. The molecule has 0 saturated heterocycles. The first-order chi connectivity index (χ1) is 35.1. The Morgan fingerprint density at radius 2 is 0.831 bits per heavy atom. The summed E-state index contributed by atoms with van der Waals surface area (Å²) in [5.41, 5.74) is 18.7. The number of ether oxygens (including phenoxy) is 4. The predicted octanol–water partition coefficient (Wildman–Crippen LogP) is 9.53. The van der Waals surface area contributed by atoms with E-state index >= 15 is 0 Å². The molecule has 9 heteroatoms. The van der Waals surface area contributed by atoms with Crippen LogP contribution in [0.5, 0.6) is 46.0 Å². The number of rotatable bonds is 5. The molecule has 0 unspecified atom stereocenters. The van der Waals surface area contributed by atoms with Crippen LogP contribution in [0.4, 0.5) is 34.1 Å². The molecule has 0 aliphatic carbocycles. The minimum Gasteiger partial charge on any atom is -0.459 e. The van der Waals surface area contributed by atoms with E-state index in [1.54, 1.807) is 0 Å². The number of anilines is 6. The van der Waals surface area contributed by atoms with Crippen molar-refractivity contribution in [2.75, 3.05) is 9.80 Å². The molecule has 15 rings (SSSR count). The van der Waals surface area contributed by atoms with Gasteiger partial charge in [0.25, 0.3) is 20.1 Å². The van der Waals surface area contributed by atoms with Crippen LogP contribution in [0, 0.1) is 13.8 Å². The van der Waals surface area contributed by atoms with E-state index in [0.717, 1.165) is 118 Å². The molecular formula is C62H41B3N2O4. The molecule has 0 N–H and O–H groups in total. The fourth-order valence-electron chi connectivity index (χ4n) is 12.3. The lowest BCUT2D eigenvalue weighted by atomic mass is 9.29. The van der Waals surface area contributed by atoms with E-state index in [2.05, 4.69) is 224 Å². The molecule has 5 aliphatic rings. The monoisotopic (exact) mass is 910 g/mol. The van der Waals surface area contributed by atoms with E-state index in [4.69, 9.17) is 18.9 Å². The number of benzene rings is 10. The van der Waals surface area contributed by atoms with Crippen LogP contribution in [0.15, 0.2) is 212 Å². The van der Waals surface area contributed by atoms with Gasteiger partial charge in [0.15, 0.2) is 0 Å². The standard InChI is InChI=1S/C62H41B3N2O4/c1-38-19-18-20-39(2)58(38)65-44-27-12-15-30-49(44)67(42-25-10-5-11-26-42)50-36-57-61-62(59(50)65)71-52-32-17-14-29-46(52)64(61)48-35-47-53(37-54(48)70-57)69-56-34-43(33-55-60(56)63(47)45-28-13-16-31-51(45)68-55)66(40-21-6-3-7-22-40)41-23-8-4-9-24-41/h3-37H,1-2H3. The van der Waals surface area contributed by atoms with Gasteiger partial charge in [0.1, 0.15) is 46.0 Å². The topological polar surface area (TPSA) is 43.4 Å². The van der Waals surface area contributed by atoms with E-state index in [0.29, 0.717) is 0 Å². The molecule has 6 nitrogen and oxygen atoms in total. The van der Waals surface area contributed by atoms with Crippen molar-refractivity contribution in [3.05, 3.63) is 223 Å². The van der Waals surface area contributed by atoms with Crippen molar-refractivity contribution in [1.29, 1.82) is 0 Å². The van der Waals surface area contributed by atoms with Crippen molar-refractivity contribution in [2.45, 2.75) is 13.8 Å². The van der Waals surface area contributed by atoms with Crippen LogP contribution in [0.25, 0.3) is 0 Å². The minimum absolute atomic E-state index is 0.120. The summed E-state index contributed by atoms with van der Waals surface area (Å²) in [7, 11) is 0. The maximum atomic E-state index is 7.38. The van der Waals surface area contributed by atoms with Gasteiger partial charge in [0.2, 0.25) is 0 Å². The molecule has 0 saturated carbocycles. The smallest absolute Gasteiger partial charge is 0.260 e. The second-order valence-corrected chi connectivity index (χ2v) is 19.2. The molecule has 10 aromatic carbocycles. The van der Waals surface area contributed by atoms with Gasteiger partial charge < -0.3 is 28.7 Å². The number of hydrogen-bond donors (Lipinski definition) is 0. The van der Waals surface area contributed by atoms with Crippen molar-refractivity contribution in [3.63, 3.8) is 0 Å². The molecule has 0 bridgehead atoms. The quantitative estimate of drug-likeness (QED) is 0.161. The molecule has 0 amide bonds. The second kappa shape index (κ2) is 15.3. The summed E-state index contributed by atoms with van der Waals surface area (Å²) >= 11 is 0. The van der Waals surface area contributed by atoms with Crippen molar-refractivity contribution in [2.24, 2.45) is 0 Å². The molecule has 71 heavy (non-hydrogen) atoms. The lowest BCUT2D eigenvalue weighted by molar-refractivity contribution is 0.452. The number of nitrogens with zero attached hydrogens (tertiary/aromatic N) is 2. The van der Waals surface area contributed by atoms with Gasteiger partial charge in [-0.15, -0.1) is 0 Å². The Morgan fingerprint density at radius 1 is 0.324 bits per heavy atom. The molecule has 0 atom stereocenters. The van der Waals surface area contributed by atoms with Crippen LogP contribution >= 0.6 is 0 Å². The SMILES string of the molecule is Cc1cccc(C)c1B1c2ccccc2N(c2ccccc2)c2cc3c4c(c21)Oc1ccccc1B4c1cc2c(cc1O3)Oc1cc(N(c3ccccc3)c3ccccc3)cc3c1B2c1ccccc1O3. The Kier molecular flexibility index (Phi) is 8.67. The van der Waals surface area contributed by atoms with Crippen molar-refractivity contribution >= 4 is 103 Å². The van der Waals surface area contributed by atoms with Gasteiger partial charge in [0.05, 0.1) is 5.69 Å². The summed E-state index contributed by atoms with van der Waals surface area (Å²) in [4.78, 5) is 4.65. The third kappa shape index (κ3) is 5.93. The largest absolute Gasteiger partial charge is 0.459 e. The Labute approximate surface area is 413 Å². The average Bonchev–Trinajstić information content (AvgIpc) is 3.41. The highest BCUT2D eigenvalue weighted by Gasteiger charge is 2.49. The fourth-order valence-corrected chi connectivity index (χ4v) is 12.3.